The molecule has 0 saturated carbocycles. The van der Waals surface area contributed by atoms with Gasteiger partial charge >= 0.3 is 0 Å². The SMILES string of the molecule is O=C(C[NH+]1CCN(c2ncccn2)CC1)Nc1ccc(N2CCCC2)cc1. The van der Waals surface area contributed by atoms with Crippen molar-refractivity contribution in [1.29, 1.82) is 0 Å². The second kappa shape index (κ2) is 8.35. The molecule has 2 aliphatic heterocycles. The molecule has 3 heterocycles. The molecule has 0 aliphatic carbocycles. The van der Waals surface area contributed by atoms with Gasteiger partial charge in [-0.05, 0) is 43.2 Å². The minimum Gasteiger partial charge on any atom is -0.372 e. The number of piperazine rings is 1. The molecule has 0 spiro atoms. The lowest BCUT2D eigenvalue weighted by molar-refractivity contribution is -0.892. The fourth-order valence-electron chi connectivity index (χ4n) is 3.82. The molecule has 1 aromatic carbocycles. The van der Waals surface area contributed by atoms with Crippen LogP contribution in [0.1, 0.15) is 12.8 Å². The van der Waals surface area contributed by atoms with E-state index in [1.165, 1.54) is 23.4 Å². The van der Waals surface area contributed by atoms with Crippen molar-refractivity contribution in [1.82, 2.24) is 9.97 Å². The van der Waals surface area contributed by atoms with Crippen molar-refractivity contribution in [2.45, 2.75) is 12.8 Å². The maximum absolute atomic E-state index is 12.4. The highest BCUT2D eigenvalue weighted by Crippen LogP contribution is 2.21. The molecule has 7 nitrogen and oxygen atoms in total. The molecule has 0 radical (unpaired) electrons. The molecular formula is C20H27N6O+. The predicted octanol–water partition coefficient (Wildman–Crippen LogP) is 0.420. The number of hydrogen-bond acceptors (Lipinski definition) is 5. The third kappa shape index (κ3) is 4.54. The molecule has 2 aromatic rings. The number of nitrogens with one attached hydrogen (secondary N) is 2. The summed E-state index contributed by atoms with van der Waals surface area (Å²) in [5, 5.41) is 3.03. The van der Waals surface area contributed by atoms with Crippen molar-refractivity contribution in [2.24, 2.45) is 0 Å². The van der Waals surface area contributed by atoms with Crippen LogP contribution in [-0.2, 0) is 4.79 Å². The Morgan fingerprint density at radius 1 is 0.963 bits per heavy atom. The van der Waals surface area contributed by atoms with Crippen LogP contribution in [-0.4, -0.2) is 61.7 Å². The molecule has 27 heavy (non-hydrogen) atoms. The van der Waals surface area contributed by atoms with Gasteiger partial charge in [0.15, 0.2) is 6.54 Å². The Bertz CT molecular complexity index is 737. The largest absolute Gasteiger partial charge is 0.372 e. The van der Waals surface area contributed by atoms with Crippen molar-refractivity contribution in [3.63, 3.8) is 0 Å². The van der Waals surface area contributed by atoms with Gasteiger partial charge in [0.1, 0.15) is 0 Å². The Kier molecular flexibility index (Phi) is 5.48. The topological polar surface area (TPSA) is 65.8 Å². The van der Waals surface area contributed by atoms with Crippen molar-refractivity contribution in [3.8, 4) is 0 Å². The smallest absolute Gasteiger partial charge is 0.279 e. The van der Waals surface area contributed by atoms with E-state index in [2.05, 4.69) is 37.2 Å². The molecule has 0 unspecified atom stereocenters. The third-order valence-corrected chi connectivity index (χ3v) is 5.34. The molecule has 0 bridgehead atoms. The molecule has 0 atom stereocenters. The summed E-state index contributed by atoms with van der Waals surface area (Å²) in [7, 11) is 0. The Morgan fingerprint density at radius 3 is 2.30 bits per heavy atom. The van der Waals surface area contributed by atoms with Gasteiger partial charge in [0.05, 0.1) is 26.2 Å². The Morgan fingerprint density at radius 2 is 1.63 bits per heavy atom. The maximum Gasteiger partial charge on any atom is 0.279 e. The Hall–Kier alpha value is -2.67. The molecule has 2 N–H and O–H groups in total. The summed E-state index contributed by atoms with van der Waals surface area (Å²) in [6.45, 7) is 6.34. The van der Waals surface area contributed by atoms with Crippen LogP contribution < -0.4 is 20.0 Å². The molecule has 142 valence electrons. The van der Waals surface area contributed by atoms with Gasteiger partial charge in [-0.2, -0.15) is 0 Å². The molecule has 7 heteroatoms. The van der Waals surface area contributed by atoms with Gasteiger partial charge in [0, 0.05) is 36.9 Å². The first-order valence-corrected chi connectivity index (χ1v) is 9.78. The lowest BCUT2D eigenvalue weighted by atomic mass is 10.2. The second-order valence-corrected chi connectivity index (χ2v) is 7.25. The number of carbonyl (C=O) groups excluding carboxylic acids is 1. The van der Waals surface area contributed by atoms with Gasteiger partial charge in [0.25, 0.3) is 5.91 Å². The number of benzene rings is 1. The van der Waals surface area contributed by atoms with Crippen molar-refractivity contribution >= 4 is 23.2 Å². The third-order valence-electron chi connectivity index (χ3n) is 5.34. The summed E-state index contributed by atoms with van der Waals surface area (Å²) in [4.78, 5) is 26.9. The van der Waals surface area contributed by atoms with E-state index >= 15 is 0 Å². The number of amides is 1. The Labute approximate surface area is 160 Å². The quantitative estimate of drug-likeness (QED) is 0.802. The van der Waals surface area contributed by atoms with E-state index in [1.54, 1.807) is 12.4 Å². The summed E-state index contributed by atoms with van der Waals surface area (Å²) in [5.41, 5.74) is 2.12. The van der Waals surface area contributed by atoms with E-state index in [9.17, 15) is 4.79 Å². The summed E-state index contributed by atoms with van der Waals surface area (Å²) in [6, 6.07) is 10.0. The summed E-state index contributed by atoms with van der Waals surface area (Å²) in [5.74, 6) is 0.849. The van der Waals surface area contributed by atoms with E-state index in [4.69, 9.17) is 0 Å². The second-order valence-electron chi connectivity index (χ2n) is 7.25. The van der Waals surface area contributed by atoms with Crippen molar-refractivity contribution in [2.75, 3.05) is 60.9 Å². The summed E-state index contributed by atoms with van der Waals surface area (Å²) in [6.07, 6.45) is 6.07. The Balaban J connectivity index is 1.24. The zero-order valence-electron chi connectivity index (χ0n) is 15.6. The van der Waals surface area contributed by atoms with Gasteiger partial charge in [-0.25, -0.2) is 9.97 Å². The van der Waals surface area contributed by atoms with Gasteiger partial charge in [-0.3, -0.25) is 4.79 Å². The van der Waals surface area contributed by atoms with Gasteiger partial charge in [-0.1, -0.05) is 0 Å². The first-order chi connectivity index (χ1) is 13.3. The lowest BCUT2D eigenvalue weighted by Crippen LogP contribution is -3.15. The van der Waals surface area contributed by atoms with E-state index in [0.717, 1.165) is 50.9 Å². The van der Waals surface area contributed by atoms with E-state index in [1.807, 2.05) is 18.2 Å². The molecule has 2 aliphatic rings. The number of quaternary nitrogens is 1. The zero-order valence-corrected chi connectivity index (χ0v) is 15.6. The maximum atomic E-state index is 12.4. The number of carbonyl (C=O) groups is 1. The average molecular weight is 367 g/mol. The molecule has 1 aromatic heterocycles. The highest BCUT2D eigenvalue weighted by Gasteiger charge is 2.23. The zero-order chi connectivity index (χ0) is 18.5. The summed E-state index contributed by atoms with van der Waals surface area (Å²) >= 11 is 0. The highest BCUT2D eigenvalue weighted by molar-refractivity contribution is 5.91. The van der Waals surface area contributed by atoms with Crippen LogP contribution in [0, 0.1) is 0 Å². The van der Waals surface area contributed by atoms with E-state index < -0.39 is 0 Å². The molecular weight excluding hydrogens is 340 g/mol. The van der Waals surface area contributed by atoms with E-state index in [-0.39, 0.29) is 5.91 Å². The highest BCUT2D eigenvalue weighted by atomic mass is 16.2. The molecule has 1 amide bonds. The number of anilines is 3. The lowest BCUT2D eigenvalue weighted by Gasteiger charge is -2.31. The van der Waals surface area contributed by atoms with Crippen LogP contribution in [0.2, 0.25) is 0 Å². The fraction of sp³-hybridized carbons (Fsp3) is 0.450. The monoisotopic (exact) mass is 367 g/mol. The van der Waals surface area contributed by atoms with Gasteiger partial charge in [-0.15, -0.1) is 0 Å². The standard InChI is InChI=1S/C20H26N6O/c27-19(23-17-4-6-18(7-5-17)25-10-1-2-11-25)16-24-12-14-26(15-13-24)20-21-8-3-9-22-20/h3-9H,1-2,10-16H2,(H,23,27)/p+1. The normalized spacial score (nSPS) is 17.9. The van der Waals surface area contributed by atoms with Crippen molar-refractivity contribution in [3.05, 3.63) is 42.7 Å². The average Bonchev–Trinajstić information content (AvgIpc) is 3.25. The summed E-state index contributed by atoms with van der Waals surface area (Å²) < 4.78 is 0. The number of rotatable bonds is 5. The van der Waals surface area contributed by atoms with Crippen LogP contribution in [0.3, 0.4) is 0 Å². The van der Waals surface area contributed by atoms with Crippen LogP contribution in [0.5, 0.6) is 0 Å². The number of nitrogens with zero attached hydrogens (tertiary/aromatic N) is 4. The fourth-order valence-corrected chi connectivity index (χ4v) is 3.82. The van der Waals surface area contributed by atoms with E-state index in [0.29, 0.717) is 6.54 Å². The first-order valence-electron chi connectivity index (χ1n) is 9.78. The minimum absolute atomic E-state index is 0.0725. The molecule has 4 rings (SSSR count). The van der Waals surface area contributed by atoms with Gasteiger partial charge < -0.3 is 20.0 Å². The number of hydrogen-bond donors (Lipinski definition) is 2. The molecule has 2 fully saturated rings. The first kappa shape index (κ1) is 17.7. The van der Waals surface area contributed by atoms with Gasteiger partial charge in [0.2, 0.25) is 5.95 Å². The van der Waals surface area contributed by atoms with Crippen LogP contribution in [0.4, 0.5) is 17.3 Å². The predicted molar refractivity (Wildman–Crippen MR) is 106 cm³/mol. The molecule has 2 saturated heterocycles. The van der Waals surface area contributed by atoms with Crippen LogP contribution >= 0.6 is 0 Å². The number of aromatic nitrogens is 2. The van der Waals surface area contributed by atoms with Crippen LogP contribution in [0.15, 0.2) is 42.7 Å². The minimum atomic E-state index is 0.0725. The van der Waals surface area contributed by atoms with Crippen LogP contribution in [0.25, 0.3) is 0 Å². The van der Waals surface area contributed by atoms with Crippen molar-refractivity contribution < 1.29 is 9.69 Å².